The summed E-state index contributed by atoms with van der Waals surface area (Å²) in [6.45, 7) is 8.58. The number of hydrogen-bond acceptors (Lipinski definition) is 5. The van der Waals surface area contributed by atoms with Gasteiger partial charge in [0.2, 0.25) is 0 Å². The average molecular weight is 280 g/mol. The van der Waals surface area contributed by atoms with Crippen LogP contribution in [0.1, 0.15) is 20.3 Å². The predicted molar refractivity (Wildman–Crippen MR) is 79.3 cm³/mol. The largest absolute Gasteiger partial charge is 0.377 e. The molecule has 1 unspecified atom stereocenters. The van der Waals surface area contributed by atoms with E-state index in [0.29, 0.717) is 25.6 Å². The van der Waals surface area contributed by atoms with Gasteiger partial charge in [-0.25, -0.2) is 4.98 Å². The Balaban J connectivity index is 2.23. The Labute approximate surface area is 119 Å². The van der Waals surface area contributed by atoms with E-state index < -0.39 is 0 Å². The van der Waals surface area contributed by atoms with Gasteiger partial charge in [0.25, 0.3) is 5.56 Å². The fourth-order valence-corrected chi connectivity index (χ4v) is 2.46. The first-order chi connectivity index (χ1) is 9.77. The Morgan fingerprint density at radius 3 is 3.10 bits per heavy atom. The summed E-state index contributed by atoms with van der Waals surface area (Å²) in [5.41, 5.74) is -0.00208. The van der Waals surface area contributed by atoms with E-state index in [1.165, 1.54) is 0 Å². The number of hydrogen-bond donors (Lipinski definition) is 1. The topological polar surface area (TPSA) is 59.4 Å². The van der Waals surface area contributed by atoms with Crippen molar-refractivity contribution < 1.29 is 4.74 Å². The van der Waals surface area contributed by atoms with Crippen molar-refractivity contribution in [3.63, 3.8) is 0 Å². The van der Waals surface area contributed by atoms with Crippen molar-refractivity contribution in [2.45, 2.75) is 32.9 Å². The van der Waals surface area contributed by atoms with Gasteiger partial charge in [-0.2, -0.15) is 0 Å². The molecule has 6 nitrogen and oxygen atoms in total. The van der Waals surface area contributed by atoms with Crippen LogP contribution in [0.3, 0.4) is 0 Å². The Bertz CT molecular complexity index is 474. The highest BCUT2D eigenvalue weighted by molar-refractivity contribution is 5.38. The van der Waals surface area contributed by atoms with E-state index in [1.54, 1.807) is 17.0 Å². The van der Waals surface area contributed by atoms with Crippen LogP contribution in [0.25, 0.3) is 0 Å². The highest BCUT2D eigenvalue weighted by Crippen LogP contribution is 2.13. The van der Waals surface area contributed by atoms with Crippen molar-refractivity contribution in [2.24, 2.45) is 0 Å². The van der Waals surface area contributed by atoms with E-state index in [4.69, 9.17) is 4.74 Å². The van der Waals surface area contributed by atoms with Crippen LogP contribution < -0.4 is 15.8 Å². The molecule has 1 aromatic rings. The van der Waals surface area contributed by atoms with Crippen molar-refractivity contribution in [3.05, 3.63) is 22.7 Å². The van der Waals surface area contributed by atoms with E-state index in [0.717, 1.165) is 26.1 Å². The maximum atomic E-state index is 12.5. The molecule has 112 valence electrons. The van der Waals surface area contributed by atoms with Gasteiger partial charge in [-0.15, -0.1) is 0 Å². The lowest BCUT2D eigenvalue weighted by Crippen LogP contribution is -2.52. The highest BCUT2D eigenvalue weighted by atomic mass is 16.5. The van der Waals surface area contributed by atoms with Crippen molar-refractivity contribution in [3.8, 4) is 0 Å². The third kappa shape index (κ3) is 3.37. The lowest BCUT2D eigenvalue weighted by molar-refractivity contribution is 0.0933. The summed E-state index contributed by atoms with van der Waals surface area (Å²) in [6.07, 6.45) is 4.41. The van der Waals surface area contributed by atoms with Crippen LogP contribution in [0.2, 0.25) is 0 Å². The number of nitrogens with zero attached hydrogens (tertiary/aromatic N) is 3. The highest BCUT2D eigenvalue weighted by Gasteiger charge is 2.26. The van der Waals surface area contributed by atoms with Crippen LogP contribution in [-0.2, 0) is 11.3 Å². The van der Waals surface area contributed by atoms with Gasteiger partial charge < -0.3 is 19.5 Å². The van der Waals surface area contributed by atoms with E-state index in [-0.39, 0.29) is 11.6 Å². The molecule has 20 heavy (non-hydrogen) atoms. The van der Waals surface area contributed by atoms with E-state index in [9.17, 15) is 4.79 Å². The lowest BCUT2D eigenvalue weighted by Gasteiger charge is -2.36. The second-order valence-electron chi connectivity index (χ2n) is 4.98. The van der Waals surface area contributed by atoms with Gasteiger partial charge in [0, 0.05) is 32.0 Å². The molecule has 1 N–H and O–H groups in total. The molecule has 0 amide bonds. The van der Waals surface area contributed by atoms with Crippen LogP contribution >= 0.6 is 0 Å². The monoisotopic (exact) mass is 280 g/mol. The number of rotatable bonds is 6. The van der Waals surface area contributed by atoms with Crippen LogP contribution in [0.15, 0.2) is 17.2 Å². The number of nitrogens with one attached hydrogen (secondary N) is 1. The Kier molecular flexibility index (Phi) is 5.55. The number of morpholine rings is 1. The summed E-state index contributed by atoms with van der Waals surface area (Å²) in [4.78, 5) is 18.9. The van der Waals surface area contributed by atoms with Gasteiger partial charge >= 0.3 is 0 Å². The zero-order valence-electron chi connectivity index (χ0n) is 12.3. The predicted octanol–water partition coefficient (Wildman–Crippen LogP) is 0.468. The summed E-state index contributed by atoms with van der Waals surface area (Å²) in [5.74, 6) is 0.548. The third-order valence-corrected chi connectivity index (χ3v) is 3.49. The SMILES string of the molecule is CCCn1ccnc(N2CCOCC2CNCC)c1=O. The van der Waals surface area contributed by atoms with Crippen molar-refractivity contribution in [2.75, 3.05) is 37.7 Å². The molecule has 2 heterocycles. The van der Waals surface area contributed by atoms with Gasteiger partial charge in [0.15, 0.2) is 5.82 Å². The van der Waals surface area contributed by atoms with E-state index in [2.05, 4.69) is 29.0 Å². The minimum atomic E-state index is -0.00208. The maximum Gasteiger partial charge on any atom is 0.293 e. The quantitative estimate of drug-likeness (QED) is 0.821. The molecular formula is C14H24N4O2. The average Bonchev–Trinajstić information content (AvgIpc) is 2.48. The maximum absolute atomic E-state index is 12.5. The molecule has 1 saturated heterocycles. The summed E-state index contributed by atoms with van der Waals surface area (Å²) in [7, 11) is 0. The van der Waals surface area contributed by atoms with Gasteiger partial charge in [-0.3, -0.25) is 4.79 Å². The molecule has 0 saturated carbocycles. The molecule has 0 spiro atoms. The second kappa shape index (κ2) is 7.40. The molecule has 1 aliphatic heterocycles. The molecule has 2 rings (SSSR count). The smallest absolute Gasteiger partial charge is 0.293 e. The molecule has 1 aliphatic rings. The molecule has 0 aliphatic carbocycles. The normalized spacial score (nSPS) is 19.3. The Morgan fingerprint density at radius 2 is 2.35 bits per heavy atom. The van der Waals surface area contributed by atoms with Gasteiger partial charge in [-0.05, 0) is 13.0 Å². The van der Waals surface area contributed by atoms with Crippen LogP contribution in [0, 0.1) is 0 Å². The Morgan fingerprint density at radius 1 is 1.50 bits per heavy atom. The number of likely N-dealkylation sites (N-methyl/N-ethyl adjacent to an activating group) is 1. The minimum absolute atomic E-state index is 0.00208. The number of aromatic nitrogens is 2. The molecular weight excluding hydrogens is 256 g/mol. The molecule has 6 heteroatoms. The molecule has 1 aromatic heterocycles. The fraction of sp³-hybridized carbons (Fsp3) is 0.714. The number of anilines is 1. The van der Waals surface area contributed by atoms with Gasteiger partial charge in [-0.1, -0.05) is 13.8 Å². The zero-order valence-corrected chi connectivity index (χ0v) is 12.3. The molecule has 0 radical (unpaired) electrons. The number of ether oxygens (including phenoxy) is 1. The summed E-state index contributed by atoms with van der Waals surface area (Å²) >= 11 is 0. The van der Waals surface area contributed by atoms with Gasteiger partial charge in [0.1, 0.15) is 0 Å². The first kappa shape index (κ1) is 15.0. The van der Waals surface area contributed by atoms with E-state index in [1.807, 2.05) is 0 Å². The van der Waals surface area contributed by atoms with Crippen molar-refractivity contribution >= 4 is 5.82 Å². The summed E-state index contributed by atoms with van der Waals surface area (Å²) in [5, 5.41) is 3.32. The zero-order chi connectivity index (χ0) is 14.4. The number of aryl methyl sites for hydroxylation is 1. The summed E-state index contributed by atoms with van der Waals surface area (Å²) < 4.78 is 7.27. The first-order valence-corrected chi connectivity index (χ1v) is 7.38. The standard InChI is InChI=1S/C14H24N4O2/c1-3-6-17-7-5-16-13(14(17)19)18-8-9-20-11-12(18)10-15-4-2/h5,7,12,15H,3-4,6,8-11H2,1-2H3. The van der Waals surface area contributed by atoms with Crippen molar-refractivity contribution in [1.29, 1.82) is 0 Å². The molecule has 0 aromatic carbocycles. The van der Waals surface area contributed by atoms with E-state index >= 15 is 0 Å². The fourth-order valence-electron chi connectivity index (χ4n) is 2.46. The molecule has 1 fully saturated rings. The first-order valence-electron chi connectivity index (χ1n) is 7.38. The molecule has 1 atom stereocenters. The molecule has 0 bridgehead atoms. The summed E-state index contributed by atoms with van der Waals surface area (Å²) in [6, 6.07) is 0.168. The Hall–Kier alpha value is -1.40. The van der Waals surface area contributed by atoms with Gasteiger partial charge in [0.05, 0.1) is 19.3 Å². The van der Waals surface area contributed by atoms with Crippen LogP contribution in [0.4, 0.5) is 5.82 Å². The van der Waals surface area contributed by atoms with Crippen LogP contribution in [0.5, 0.6) is 0 Å². The van der Waals surface area contributed by atoms with Crippen LogP contribution in [-0.4, -0.2) is 48.4 Å². The lowest BCUT2D eigenvalue weighted by atomic mass is 10.2. The third-order valence-electron chi connectivity index (χ3n) is 3.49. The minimum Gasteiger partial charge on any atom is -0.377 e. The second-order valence-corrected chi connectivity index (χ2v) is 4.98. The van der Waals surface area contributed by atoms with Crippen molar-refractivity contribution in [1.82, 2.24) is 14.9 Å².